The van der Waals surface area contributed by atoms with E-state index < -0.39 is 0 Å². The summed E-state index contributed by atoms with van der Waals surface area (Å²) < 4.78 is 2.10. The van der Waals surface area contributed by atoms with Gasteiger partial charge in [-0.05, 0) is 55.9 Å². The third kappa shape index (κ3) is 4.28. The van der Waals surface area contributed by atoms with Crippen LogP contribution in [0, 0.1) is 12.8 Å². The second kappa shape index (κ2) is 7.95. The van der Waals surface area contributed by atoms with E-state index in [0.717, 1.165) is 40.9 Å². The maximum absolute atomic E-state index is 12.7. The average Bonchev–Trinajstić information content (AvgIpc) is 3.74. The van der Waals surface area contributed by atoms with Gasteiger partial charge in [-0.25, -0.2) is 19.9 Å². The van der Waals surface area contributed by atoms with Gasteiger partial charge in [-0.3, -0.25) is 4.79 Å². The monoisotopic (exact) mass is 439 g/mol. The Morgan fingerprint density at radius 1 is 1.09 bits per heavy atom. The molecule has 2 saturated carbocycles. The number of fused-ring (bicyclic) bond motifs is 1. The number of imidazole rings is 1. The first-order valence-electron chi connectivity index (χ1n) is 11.4. The molecule has 8 nitrogen and oxygen atoms in total. The normalized spacial score (nSPS) is 19.4. The van der Waals surface area contributed by atoms with Crippen LogP contribution in [0.4, 0.5) is 11.5 Å². The highest BCUT2D eigenvalue weighted by Gasteiger charge is 2.46. The van der Waals surface area contributed by atoms with Crippen LogP contribution in [0.1, 0.15) is 53.9 Å². The molecule has 0 aliphatic heterocycles. The molecule has 2 N–H and O–H groups in total. The molecule has 2 aliphatic rings. The average molecular weight is 440 g/mol. The van der Waals surface area contributed by atoms with Crippen molar-refractivity contribution in [1.82, 2.24) is 24.3 Å². The van der Waals surface area contributed by atoms with Crippen LogP contribution in [0.15, 0.2) is 55.1 Å². The van der Waals surface area contributed by atoms with E-state index in [9.17, 15) is 4.79 Å². The first-order valence-corrected chi connectivity index (χ1v) is 11.4. The number of carbonyl (C=O) groups is 1. The largest absolute Gasteiger partial charge is 0.379 e. The van der Waals surface area contributed by atoms with Gasteiger partial charge in [0.15, 0.2) is 0 Å². The molecule has 4 aromatic rings. The summed E-state index contributed by atoms with van der Waals surface area (Å²) >= 11 is 0. The van der Waals surface area contributed by atoms with Crippen LogP contribution >= 0.6 is 0 Å². The van der Waals surface area contributed by atoms with Crippen LogP contribution in [0.25, 0.3) is 5.65 Å². The quantitative estimate of drug-likeness (QED) is 0.451. The van der Waals surface area contributed by atoms with E-state index >= 15 is 0 Å². The molecule has 2 fully saturated rings. The van der Waals surface area contributed by atoms with E-state index in [-0.39, 0.29) is 17.7 Å². The zero-order valence-corrected chi connectivity index (χ0v) is 18.4. The lowest BCUT2D eigenvalue weighted by Gasteiger charge is -2.08. The van der Waals surface area contributed by atoms with E-state index in [1.165, 1.54) is 18.4 Å². The molecule has 2 aliphatic carbocycles. The molecule has 0 spiro atoms. The van der Waals surface area contributed by atoms with Crippen LogP contribution in [-0.4, -0.2) is 30.2 Å². The van der Waals surface area contributed by atoms with Crippen molar-refractivity contribution in [3.8, 4) is 0 Å². The van der Waals surface area contributed by atoms with Crippen molar-refractivity contribution in [2.24, 2.45) is 5.92 Å². The number of aromatic nitrogens is 5. The molecule has 4 aromatic heterocycles. The van der Waals surface area contributed by atoms with Gasteiger partial charge in [0.2, 0.25) is 5.91 Å². The number of nitrogens with one attached hydrogen (secondary N) is 2. The van der Waals surface area contributed by atoms with E-state index in [4.69, 9.17) is 4.98 Å². The molecule has 0 saturated heterocycles. The van der Waals surface area contributed by atoms with Crippen LogP contribution in [0.3, 0.4) is 0 Å². The van der Waals surface area contributed by atoms with Crippen LogP contribution in [0.2, 0.25) is 0 Å². The number of aryl methyl sites for hydroxylation is 1. The predicted octanol–water partition coefficient (Wildman–Crippen LogP) is 4.06. The van der Waals surface area contributed by atoms with Crippen molar-refractivity contribution in [2.75, 3.05) is 10.6 Å². The lowest BCUT2D eigenvalue weighted by atomic mass is 10.2. The van der Waals surface area contributed by atoms with Crippen molar-refractivity contribution in [3.05, 3.63) is 77.9 Å². The second-order valence-electron chi connectivity index (χ2n) is 9.01. The summed E-state index contributed by atoms with van der Waals surface area (Å²) in [5.74, 6) is 1.94. The number of anilines is 2. The molecule has 0 unspecified atom stereocenters. The first-order chi connectivity index (χ1) is 16.1. The summed E-state index contributed by atoms with van der Waals surface area (Å²) in [6.07, 6.45) is 11.0. The zero-order valence-electron chi connectivity index (χ0n) is 18.4. The molecular formula is C25H25N7O. The molecule has 166 valence electrons. The third-order valence-electron chi connectivity index (χ3n) is 6.33. The highest BCUT2D eigenvalue weighted by atomic mass is 16.2. The summed E-state index contributed by atoms with van der Waals surface area (Å²) in [5, 5.41) is 6.32. The predicted molar refractivity (Wildman–Crippen MR) is 125 cm³/mol. The van der Waals surface area contributed by atoms with Crippen molar-refractivity contribution < 1.29 is 4.79 Å². The lowest BCUT2D eigenvalue weighted by molar-refractivity contribution is -0.117. The number of pyridine rings is 2. The summed E-state index contributed by atoms with van der Waals surface area (Å²) in [6.45, 7) is 2.52. The fraction of sp³-hybridized carbons (Fsp3) is 0.320. The fourth-order valence-corrected chi connectivity index (χ4v) is 4.24. The van der Waals surface area contributed by atoms with E-state index in [1.807, 2.05) is 25.1 Å². The lowest BCUT2D eigenvalue weighted by Crippen LogP contribution is -2.16. The van der Waals surface area contributed by atoms with Gasteiger partial charge in [0.1, 0.15) is 17.3 Å². The van der Waals surface area contributed by atoms with Gasteiger partial charge in [0, 0.05) is 54.1 Å². The number of carbonyl (C=O) groups excluding carboxylic acids is 1. The fourth-order valence-electron chi connectivity index (χ4n) is 4.24. The molecule has 2 atom stereocenters. The molecule has 0 radical (unpaired) electrons. The van der Waals surface area contributed by atoms with Crippen molar-refractivity contribution in [1.29, 1.82) is 0 Å². The minimum Gasteiger partial charge on any atom is -0.379 e. The molecular weight excluding hydrogens is 414 g/mol. The number of hydrogen-bond donors (Lipinski definition) is 2. The summed E-state index contributed by atoms with van der Waals surface area (Å²) in [5.41, 5.74) is 5.10. The minimum absolute atomic E-state index is 0.0402. The Morgan fingerprint density at radius 2 is 1.97 bits per heavy atom. The number of rotatable bonds is 7. The second-order valence-corrected chi connectivity index (χ2v) is 9.01. The Bertz CT molecular complexity index is 1340. The van der Waals surface area contributed by atoms with Gasteiger partial charge in [-0.1, -0.05) is 6.07 Å². The molecule has 8 heteroatoms. The van der Waals surface area contributed by atoms with Crippen molar-refractivity contribution in [3.63, 3.8) is 0 Å². The highest BCUT2D eigenvalue weighted by molar-refractivity contribution is 5.94. The Morgan fingerprint density at radius 3 is 2.82 bits per heavy atom. The van der Waals surface area contributed by atoms with E-state index in [0.29, 0.717) is 12.4 Å². The SMILES string of the molecule is Cc1ccnc([C@H]2C[C@@H]2C(=O)Nc2cc(NCc3cn4cc(C5CC5)ccc4n3)ccn2)n1. The molecule has 33 heavy (non-hydrogen) atoms. The van der Waals surface area contributed by atoms with Gasteiger partial charge in [0.25, 0.3) is 0 Å². The zero-order chi connectivity index (χ0) is 22.4. The van der Waals surface area contributed by atoms with Gasteiger partial charge in [-0.15, -0.1) is 0 Å². The smallest absolute Gasteiger partial charge is 0.229 e. The molecule has 4 heterocycles. The minimum atomic E-state index is -0.108. The maximum atomic E-state index is 12.7. The van der Waals surface area contributed by atoms with Crippen LogP contribution in [0.5, 0.6) is 0 Å². The maximum Gasteiger partial charge on any atom is 0.229 e. The van der Waals surface area contributed by atoms with Gasteiger partial charge in [-0.2, -0.15) is 0 Å². The van der Waals surface area contributed by atoms with Crippen LogP contribution in [-0.2, 0) is 11.3 Å². The van der Waals surface area contributed by atoms with E-state index in [2.05, 4.69) is 54.5 Å². The Labute approximate surface area is 191 Å². The van der Waals surface area contributed by atoms with Gasteiger partial charge in [0.05, 0.1) is 12.2 Å². The Kier molecular flexibility index (Phi) is 4.78. The summed E-state index contributed by atoms with van der Waals surface area (Å²) in [7, 11) is 0. The number of hydrogen-bond acceptors (Lipinski definition) is 6. The van der Waals surface area contributed by atoms with Crippen molar-refractivity contribution >= 4 is 23.1 Å². The third-order valence-corrected chi connectivity index (χ3v) is 6.33. The van der Waals surface area contributed by atoms with Crippen molar-refractivity contribution in [2.45, 2.75) is 44.6 Å². The molecule has 0 bridgehead atoms. The molecule has 0 aromatic carbocycles. The summed E-state index contributed by atoms with van der Waals surface area (Å²) in [4.78, 5) is 30.4. The highest BCUT2D eigenvalue weighted by Crippen LogP contribution is 2.46. The number of amides is 1. The standard InChI is InChI=1S/C25H25N7O/c1-15-6-8-27-24(29-15)20-11-21(20)25(33)31-22-10-18(7-9-26-22)28-12-19-14-32-13-17(16-2-3-16)4-5-23(32)30-19/h4-10,13-14,16,20-21H,2-3,11-12H2,1H3,(H2,26,28,31,33)/t20-,21-/m0/s1. The van der Waals surface area contributed by atoms with Gasteiger partial charge >= 0.3 is 0 Å². The first kappa shape index (κ1) is 19.8. The Balaban J connectivity index is 1.08. The van der Waals surface area contributed by atoms with Gasteiger partial charge < -0.3 is 15.0 Å². The topological polar surface area (TPSA) is 97.1 Å². The number of nitrogens with zero attached hydrogens (tertiary/aromatic N) is 5. The Hall–Kier alpha value is -3.81. The molecule has 1 amide bonds. The summed E-state index contributed by atoms with van der Waals surface area (Å²) in [6, 6.07) is 9.87. The van der Waals surface area contributed by atoms with Crippen LogP contribution < -0.4 is 10.6 Å². The molecule has 6 rings (SSSR count). The van der Waals surface area contributed by atoms with E-state index in [1.54, 1.807) is 12.4 Å².